The van der Waals surface area contributed by atoms with Crippen molar-refractivity contribution >= 4 is 40.6 Å². The third-order valence-corrected chi connectivity index (χ3v) is 8.14. The van der Waals surface area contributed by atoms with Crippen molar-refractivity contribution < 1.29 is 18.7 Å². The number of thiophene rings is 1. The lowest BCUT2D eigenvalue weighted by Gasteiger charge is -2.21. The normalized spacial score (nSPS) is 14.8. The van der Waals surface area contributed by atoms with Crippen LogP contribution >= 0.6 is 23.1 Å². The summed E-state index contributed by atoms with van der Waals surface area (Å²) in [6.45, 7) is 0.168. The second-order valence-corrected chi connectivity index (χ2v) is 10.6. The fraction of sp³-hybridized carbons (Fsp3) is 0.222. The lowest BCUT2D eigenvalue weighted by Crippen LogP contribution is -2.28. The number of amides is 2. The van der Waals surface area contributed by atoms with Crippen molar-refractivity contribution in [3.05, 3.63) is 93.7 Å². The van der Waals surface area contributed by atoms with Gasteiger partial charge in [-0.05, 0) is 47.3 Å². The highest BCUT2D eigenvalue weighted by molar-refractivity contribution is 7.99. The van der Waals surface area contributed by atoms with E-state index in [0.717, 1.165) is 16.2 Å². The third-order valence-electron chi connectivity index (χ3n) is 6.22. The lowest BCUT2D eigenvalue weighted by atomic mass is 10.0. The summed E-state index contributed by atoms with van der Waals surface area (Å²) in [6, 6.07) is 16.6. The van der Waals surface area contributed by atoms with Crippen LogP contribution in [0.1, 0.15) is 39.1 Å². The molecule has 9 nitrogen and oxygen atoms in total. The fourth-order valence-electron chi connectivity index (χ4n) is 4.12. The predicted molar refractivity (Wildman–Crippen MR) is 147 cm³/mol. The Hall–Kier alpha value is -4.03. The molecule has 0 bridgehead atoms. The maximum absolute atomic E-state index is 13.5. The first-order chi connectivity index (χ1) is 18.9. The van der Waals surface area contributed by atoms with Crippen molar-refractivity contribution in [2.24, 2.45) is 12.1 Å². The minimum absolute atomic E-state index is 0.0844. The molecule has 0 saturated heterocycles. The fourth-order valence-corrected chi connectivity index (χ4v) is 5.62. The van der Waals surface area contributed by atoms with Crippen LogP contribution in [0.5, 0.6) is 5.75 Å². The van der Waals surface area contributed by atoms with Gasteiger partial charge in [0.25, 0.3) is 11.8 Å². The number of carbonyl (C=O) groups is 2. The van der Waals surface area contributed by atoms with E-state index < -0.39 is 0 Å². The van der Waals surface area contributed by atoms with Crippen LogP contribution in [0.3, 0.4) is 0 Å². The maximum atomic E-state index is 13.5. The van der Waals surface area contributed by atoms with E-state index in [4.69, 9.17) is 4.74 Å². The molecule has 5 rings (SSSR count). The first-order valence-electron chi connectivity index (χ1n) is 12.0. The zero-order valence-corrected chi connectivity index (χ0v) is 22.8. The number of carbonyl (C=O) groups excluding carboxylic acids is 2. The van der Waals surface area contributed by atoms with Gasteiger partial charge in [-0.3, -0.25) is 9.59 Å². The van der Waals surface area contributed by atoms with Gasteiger partial charge in [0.2, 0.25) is 0 Å². The second kappa shape index (κ2) is 11.8. The molecule has 1 atom stereocenters. The van der Waals surface area contributed by atoms with E-state index in [9.17, 15) is 14.0 Å². The Balaban J connectivity index is 1.24. The van der Waals surface area contributed by atoms with Crippen LogP contribution in [-0.2, 0) is 18.4 Å². The molecular weight excluding hydrogens is 539 g/mol. The number of hydrazone groups is 1. The maximum Gasteiger partial charge on any atom is 0.253 e. The highest BCUT2D eigenvalue weighted by Crippen LogP contribution is 2.34. The van der Waals surface area contributed by atoms with Crippen molar-refractivity contribution in [1.29, 1.82) is 0 Å². The molecule has 200 valence electrons. The highest BCUT2D eigenvalue weighted by Gasteiger charge is 2.33. The Morgan fingerprint density at radius 3 is 2.72 bits per heavy atom. The molecule has 39 heavy (non-hydrogen) atoms. The summed E-state index contributed by atoms with van der Waals surface area (Å²) in [5.41, 5.74) is 2.11. The highest BCUT2D eigenvalue weighted by atomic mass is 32.2. The SMILES string of the molecule is COc1cccc(C(=O)NCc2nnc(SCC(=O)N3N=C(c4cccs4)CC3c3ccc(F)cc3)n2C)c1. The molecule has 0 saturated carbocycles. The summed E-state index contributed by atoms with van der Waals surface area (Å²) in [6.07, 6.45) is 0.545. The first kappa shape index (κ1) is 26.6. The van der Waals surface area contributed by atoms with Gasteiger partial charge < -0.3 is 14.6 Å². The first-order valence-corrected chi connectivity index (χ1v) is 13.9. The Morgan fingerprint density at radius 2 is 1.97 bits per heavy atom. The van der Waals surface area contributed by atoms with Gasteiger partial charge in [-0.25, -0.2) is 9.40 Å². The largest absolute Gasteiger partial charge is 0.497 e. The predicted octanol–water partition coefficient (Wildman–Crippen LogP) is 4.42. The van der Waals surface area contributed by atoms with Crippen LogP contribution in [0.25, 0.3) is 0 Å². The molecule has 1 unspecified atom stereocenters. The molecule has 0 spiro atoms. The Labute approximate surface area is 232 Å². The van der Waals surface area contributed by atoms with Gasteiger partial charge in [0.1, 0.15) is 11.6 Å². The van der Waals surface area contributed by atoms with Crippen LogP contribution in [-0.4, -0.2) is 50.2 Å². The summed E-state index contributed by atoms with van der Waals surface area (Å²) in [7, 11) is 3.33. The standard InChI is InChI=1S/C27H25FN6O3S2/c1-33-24(15-29-26(36)18-5-3-6-20(13-18)37-2)30-31-27(33)39-16-25(35)34-22(17-8-10-19(28)11-9-17)14-21(32-34)23-7-4-12-38-23/h3-13,22H,14-16H2,1-2H3,(H,29,36). The van der Waals surface area contributed by atoms with Gasteiger partial charge in [0.05, 0.1) is 36.0 Å². The van der Waals surface area contributed by atoms with Crippen LogP contribution in [0.15, 0.2) is 76.3 Å². The molecule has 3 heterocycles. The summed E-state index contributed by atoms with van der Waals surface area (Å²) in [5, 5.41) is 19.8. The molecule has 0 fully saturated rings. The number of hydrogen-bond acceptors (Lipinski definition) is 8. The van der Waals surface area contributed by atoms with E-state index in [1.165, 1.54) is 28.9 Å². The average molecular weight is 565 g/mol. The molecule has 0 aliphatic carbocycles. The Kier molecular flexibility index (Phi) is 8.03. The van der Waals surface area contributed by atoms with Crippen molar-refractivity contribution in [2.45, 2.75) is 24.2 Å². The van der Waals surface area contributed by atoms with Gasteiger partial charge in [0, 0.05) is 19.0 Å². The molecule has 2 aromatic heterocycles. The number of nitrogens with one attached hydrogen (secondary N) is 1. The number of ether oxygens (including phenoxy) is 1. The summed E-state index contributed by atoms with van der Waals surface area (Å²) in [4.78, 5) is 26.9. The van der Waals surface area contributed by atoms with Crippen molar-refractivity contribution in [2.75, 3.05) is 12.9 Å². The van der Waals surface area contributed by atoms with Crippen LogP contribution in [0, 0.1) is 5.82 Å². The van der Waals surface area contributed by atoms with E-state index in [1.54, 1.807) is 66.5 Å². The zero-order chi connectivity index (χ0) is 27.4. The van der Waals surface area contributed by atoms with E-state index in [2.05, 4.69) is 20.6 Å². The van der Waals surface area contributed by atoms with E-state index in [0.29, 0.717) is 28.7 Å². The number of nitrogens with zero attached hydrogens (tertiary/aromatic N) is 5. The third kappa shape index (κ3) is 6.02. The van der Waals surface area contributed by atoms with Crippen LogP contribution < -0.4 is 10.1 Å². The quantitative estimate of drug-likeness (QED) is 0.302. The minimum atomic E-state index is -0.331. The van der Waals surface area contributed by atoms with Crippen molar-refractivity contribution in [1.82, 2.24) is 25.1 Å². The average Bonchev–Trinajstić information content (AvgIpc) is 3.71. The number of methoxy groups -OCH3 is 1. The molecular formula is C27H25FN6O3S2. The van der Waals surface area contributed by atoms with Gasteiger partial charge >= 0.3 is 0 Å². The minimum Gasteiger partial charge on any atom is -0.497 e. The van der Waals surface area contributed by atoms with E-state index in [1.807, 2.05) is 17.5 Å². The molecule has 1 aliphatic rings. The second-order valence-electron chi connectivity index (χ2n) is 8.69. The molecule has 12 heteroatoms. The summed E-state index contributed by atoms with van der Waals surface area (Å²) >= 11 is 2.80. The zero-order valence-electron chi connectivity index (χ0n) is 21.2. The molecule has 4 aromatic rings. The van der Waals surface area contributed by atoms with Crippen LogP contribution in [0.2, 0.25) is 0 Å². The molecule has 1 aliphatic heterocycles. The van der Waals surface area contributed by atoms with Gasteiger partial charge in [-0.2, -0.15) is 5.10 Å². The van der Waals surface area contributed by atoms with Crippen LogP contribution in [0.4, 0.5) is 4.39 Å². The number of benzene rings is 2. The molecule has 0 radical (unpaired) electrons. The van der Waals surface area contributed by atoms with Crippen molar-refractivity contribution in [3.8, 4) is 5.75 Å². The number of aromatic nitrogens is 3. The summed E-state index contributed by atoms with van der Waals surface area (Å²) in [5.74, 6) is 0.433. The number of thioether (sulfide) groups is 1. The molecule has 2 amide bonds. The number of hydrogen-bond donors (Lipinski definition) is 1. The van der Waals surface area contributed by atoms with Gasteiger partial charge in [0.15, 0.2) is 11.0 Å². The molecule has 1 N–H and O–H groups in total. The van der Waals surface area contributed by atoms with Gasteiger partial charge in [-0.1, -0.05) is 36.0 Å². The topological polar surface area (TPSA) is 102 Å². The smallest absolute Gasteiger partial charge is 0.253 e. The number of rotatable bonds is 9. The Bertz CT molecular complexity index is 1500. The van der Waals surface area contributed by atoms with Crippen molar-refractivity contribution in [3.63, 3.8) is 0 Å². The monoisotopic (exact) mass is 564 g/mol. The number of halogens is 1. The van der Waals surface area contributed by atoms with E-state index in [-0.39, 0.29) is 36.0 Å². The molecule has 2 aromatic carbocycles. The lowest BCUT2D eigenvalue weighted by molar-refractivity contribution is -0.130. The van der Waals surface area contributed by atoms with Gasteiger partial charge in [-0.15, -0.1) is 21.5 Å². The van der Waals surface area contributed by atoms with E-state index >= 15 is 0 Å². The summed E-state index contributed by atoms with van der Waals surface area (Å²) < 4.78 is 20.5. The Morgan fingerprint density at radius 1 is 1.15 bits per heavy atom.